The molecular weight excluding hydrogens is 162 g/mol. The molecule has 1 N–H and O–H groups in total. The van der Waals surface area contributed by atoms with Crippen LogP contribution in [0, 0.1) is 11.8 Å². The Labute approximate surface area is 82.1 Å². The van der Waals surface area contributed by atoms with Gasteiger partial charge in [-0.25, -0.2) is 0 Å². The molecule has 1 atom stereocenters. The van der Waals surface area contributed by atoms with E-state index in [-0.39, 0.29) is 11.9 Å². The van der Waals surface area contributed by atoms with Crippen LogP contribution < -0.4 is 5.32 Å². The van der Waals surface area contributed by atoms with E-state index in [1.807, 2.05) is 13.8 Å². The fourth-order valence-electron chi connectivity index (χ4n) is 1.59. The number of amides is 1. The zero-order valence-electron chi connectivity index (χ0n) is 9.55. The molecule has 1 amide bonds. The second-order valence-corrected chi connectivity index (χ2v) is 4.66. The summed E-state index contributed by atoms with van der Waals surface area (Å²) in [6, 6.07) is 0.263. The van der Waals surface area contributed by atoms with Gasteiger partial charge in [-0.15, -0.1) is 0 Å². The summed E-state index contributed by atoms with van der Waals surface area (Å²) in [5.41, 5.74) is 0. The van der Waals surface area contributed by atoms with Gasteiger partial charge < -0.3 is 5.32 Å². The number of carbonyl (C=O) groups is 1. The minimum Gasteiger partial charge on any atom is -0.354 e. The molecule has 0 unspecified atom stereocenters. The molecule has 0 radical (unpaired) electrons. The van der Waals surface area contributed by atoms with Crippen LogP contribution in [0.15, 0.2) is 0 Å². The summed E-state index contributed by atoms with van der Waals surface area (Å²) in [6.07, 6.45) is 1.79. The molecule has 0 aromatic carbocycles. The van der Waals surface area contributed by atoms with Crippen molar-refractivity contribution >= 4 is 5.91 Å². The average molecular weight is 185 g/mol. The maximum absolute atomic E-state index is 11.3. The van der Waals surface area contributed by atoms with Gasteiger partial charge in [0.1, 0.15) is 0 Å². The van der Waals surface area contributed by atoms with Crippen molar-refractivity contribution in [2.75, 3.05) is 0 Å². The second-order valence-electron chi connectivity index (χ2n) is 4.66. The minimum absolute atomic E-state index is 0.183. The van der Waals surface area contributed by atoms with Crippen LogP contribution in [0.1, 0.15) is 47.5 Å². The van der Waals surface area contributed by atoms with Gasteiger partial charge in [0, 0.05) is 12.5 Å². The van der Waals surface area contributed by atoms with Gasteiger partial charge in [0.15, 0.2) is 0 Å². The number of hydrogen-bond acceptors (Lipinski definition) is 1. The van der Waals surface area contributed by atoms with Gasteiger partial charge in [-0.2, -0.15) is 0 Å². The summed E-state index contributed by atoms with van der Waals surface area (Å²) in [6.45, 7) is 10.5. The lowest BCUT2D eigenvalue weighted by atomic mass is 9.96. The molecule has 0 saturated carbocycles. The summed E-state index contributed by atoms with van der Waals surface area (Å²) in [5.74, 6) is 1.36. The van der Waals surface area contributed by atoms with Crippen LogP contribution in [-0.4, -0.2) is 11.9 Å². The largest absolute Gasteiger partial charge is 0.354 e. The highest BCUT2D eigenvalue weighted by Crippen LogP contribution is 2.14. The highest BCUT2D eigenvalue weighted by Gasteiger charge is 2.10. The quantitative estimate of drug-likeness (QED) is 0.701. The fraction of sp³-hybridized carbons (Fsp3) is 0.909. The van der Waals surface area contributed by atoms with E-state index in [9.17, 15) is 4.79 Å². The van der Waals surface area contributed by atoms with E-state index in [1.165, 1.54) is 0 Å². The van der Waals surface area contributed by atoms with Crippen molar-refractivity contribution in [2.24, 2.45) is 11.8 Å². The van der Waals surface area contributed by atoms with E-state index in [0.29, 0.717) is 18.3 Å². The lowest BCUT2D eigenvalue weighted by Crippen LogP contribution is -2.31. The molecule has 0 aromatic heterocycles. The molecule has 2 heteroatoms. The number of carbonyl (C=O) groups excluding carboxylic acids is 1. The Bertz CT molecular complexity index is 152. The van der Waals surface area contributed by atoms with Crippen LogP contribution in [0.5, 0.6) is 0 Å². The first-order valence-corrected chi connectivity index (χ1v) is 5.21. The minimum atomic E-state index is 0.183. The standard InChI is InChI=1S/C11H23NO/c1-8(2)6-10(5)7-11(13)12-9(3)4/h8-10H,6-7H2,1-5H3,(H,12,13)/t10-/m1/s1. The molecule has 78 valence electrons. The fourth-order valence-corrected chi connectivity index (χ4v) is 1.59. The van der Waals surface area contributed by atoms with Crippen LogP contribution in [0.4, 0.5) is 0 Å². The molecule has 0 spiro atoms. The first kappa shape index (κ1) is 12.5. The monoisotopic (exact) mass is 185 g/mol. The van der Waals surface area contributed by atoms with Crippen molar-refractivity contribution in [3.8, 4) is 0 Å². The topological polar surface area (TPSA) is 29.1 Å². The zero-order chi connectivity index (χ0) is 10.4. The van der Waals surface area contributed by atoms with Crippen molar-refractivity contribution in [2.45, 2.75) is 53.5 Å². The molecule has 0 aromatic rings. The molecule has 13 heavy (non-hydrogen) atoms. The van der Waals surface area contributed by atoms with E-state index in [2.05, 4.69) is 26.1 Å². The molecule has 0 bridgehead atoms. The first-order chi connectivity index (χ1) is 5.91. The molecule has 0 aliphatic carbocycles. The summed E-state index contributed by atoms with van der Waals surface area (Å²) in [4.78, 5) is 11.3. The van der Waals surface area contributed by atoms with E-state index in [0.717, 1.165) is 6.42 Å². The van der Waals surface area contributed by atoms with Gasteiger partial charge in [0.05, 0.1) is 0 Å². The number of nitrogens with one attached hydrogen (secondary N) is 1. The van der Waals surface area contributed by atoms with Crippen LogP contribution >= 0.6 is 0 Å². The van der Waals surface area contributed by atoms with Crippen molar-refractivity contribution in [3.05, 3.63) is 0 Å². The highest BCUT2D eigenvalue weighted by atomic mass is 16.1. The number of hydrogen-bond donors (Lipinski definition) is 1. The van der Waals surface area contributed by atoms with Gasteiger partial charge in [0.2, 0.25) is 5.91 Å². The van der Waals surface area contributed by atoms with Crippen LogP contribution in [0.25, 0.3) is 0 Å². The normalized spacial score (nSPS) is 13.5. The van der Waals surface area contributed by atoms with Crippen molar-refractivity contribution in [3.63, 3.8) is 0 Å². The predicted octanol–water partition coefficient (Wildman–Crippen LogP) is 2.58. The molecule has 0 rings (SSSR count). The number of rotatable bonds is 5. The SMILES string of the molecule is CC(C)C[C@@H](C)CC(=O)NC(C)C. The molecule has 0 aliphatic heterocycles. The molecule has 2 nitrogen and oxygen atoms in total. The molecule has 0 aliphatic rings. The smallest absolute Gasteiger partial charge is 0.220 e. The second kappa shape index (κ2) is 6.01. The average Bonchev–Trinajstić information content (AvgIpc) is 1.80. The third-order valence-corrected chi connectivity index (χ3v) is 1.86. The Balaban J connectivity index is 3.65. The Morgan fingerprint density at radius 3 is 2.08 bits per heavy atom. The Hall–Kier alpha value is -0.530. The van der Waals surface area contributed by atoms with Crippen molar-refractivity contribution in [1.29, 1.82) is 0 Å². The van der Waals surface area contributed by atoms with Gasteiger partial charge in [0.25, 0.3) is 0 Å². The van der Waals surface area contributed by atoms with E-state index in [1.54, 1.807) is 0 Å². The van der Waals surface area contributed by atoms with Gasteiger partial charge in [-0.3, -0.25) is 4.79 Å². The van der Waals surface area contributed by atoms with E-state index < -0.39 is 0 Å². The molecule has 0 heterocycles. The van der Waals surface area contributed by atoms with Gasteiger partial charge in [-0.1, -0.05) is 20.8 Å². The zero-order valence-corrected chi connectivity index (χ0v) is 9.55. The summed E-state index contributed by atoms with van der Waals surface area (Å²) in [5, 5.41) is 2.91. The highest BCUT2D eigenvalue weighted by molar-refractivity contribution is 5.76. The van der Waals surface area contributed by atoms with Crippen LogP contribution in [0.3, 0.4) is 0 Å². The maximum Gasteiger partial charge on any atom is 0.220 e. The maximum atomic E-state index is 11.3. The lowest BCUT2D eigenvalue weighted by molar-refractivity contribution is -0.122. The van der Waals surface area contributed by atoms with E-state index >= 15 is 0 Å². The van der Waals surface area contributed by atoms with Crippen molar-refractivity contribution < 1.29 is 4.79 Å². The first-order valence-electron chi connectivity index (χ1n) is 5.21. The molecule has 0 fully saturated rings. The molecule has 0 saturated heterocycles. The van der Waals surface area contributed by atoms with Gasteiger partial charge >= 0.3 is 0 Å². The van der Waals surface area contributed by atoms with Crippen LogP contribution in [0.2, 0.25) is 0 Å². The Morgan fingerprint density at radius 2 is 1.69 bits per heavy atom. The summed E-state index contributed by atoms with van der Waals surface area (Å²) < 4.78 is 0. The molecular formula is C11H23NO. The third kappa shape index (κ3) is 7.82. The third-order valence-electron chi connectivity index (χ3n) is 1.86. The predicted molar refractivity (Wildman–Crippen MR) is 56.5 cm³/mol. The summed E-state index contributed by atoms with van der Waals surface area (Å²) >= 11 is 0. The Kier molecular flexibility index (Phi) is 5.76. The lowest BCUT2D eigenvalue weighted by Gasteiger charge is -2.14. The van der Waals surface area contributed by atoms with Gasteiger partial charge in [-0.05, 0) is 32.1 Å². The van der Waals surface area contributed by atoms with Crippen molar-refractivity contribution in [1.82, 2.24) is 5.32 Å². The Morgan fingerprint density at radius 1 is 1.15 bits per heavy atom. The summed E-state index contributed by atoms with van der Waals surface area (Å²) in [7, 11) is 0. The van der Waals surface area contributed by atoms with E-state index in [4.69, 9.17) is 0 Å². The van der Waals surface area contributed by atoms with Crippen LogP contribution in [-0.2, 0) is 4.79 Å².